The third-order valence-electron chi connectivity index (χ3n) is 3.99. The Morgan fingerprint density at radius 2 is 1.86 bits per heavy atom. The Morgan fingerprint density at radius 3 is 2.52 bits per heavy atom. The maximum absolute atomic E-state index is 12.4. The van der Waals surface area contributed by atoms with Crippen LogP contribution in [0.4, 0.5) is 5.69 Å². The summed E-state index contributed by atoms with van der Waals surface area (Å²) in [6.45, 7) is 3.25. The Labute approximate surface area is 175 Å². The predicted octanol–water partition coefficient (Wildman–Crippen LogP) is 3.69. The lowest BCUT2D eigenvalue weighted by molar-refractivity contribution is -0.154. The number of hydrogen-bond donors (Lipinski definition) is 1. The number of halogens is 1. The van der Waals surface area contributed by atoms with Crippen LogP contribution in [0.25, 0.3) is 6.08 Å². The number of nitrogens with zero attached hydrogens (tertiary/aromatic N) is 1. The second-order valence-corrected chi connectivity index (χ2v) is 7.01. The van der Waals surface area contributed by atoms with E-state index in [1.807, 2.05) is 19.1 Å². The van der Waals surface area contributed by atoms with Crippen LogP contribution in [0.5, 0.6) is 0 Å². The van der Waals surface area contributed by atoms with E-state index in [1.165, 1.54) is 24.9 Å². The molecule has 6 nitrogen and oxygen atoms in total. The predicted molar refractivity (Wildman–Crippen MR) is 113 cm³/mol. The number of carbonyl (C=O) groups is 3. The zero-order valence-electron chi connectivity index (χ0n) is 16.5. The first-order valence-corrected chi connectivity index (χ1v) is 9.38. The van der Waals surface area contributed by atoms with Crippen LogP contribution in [0.15, 0.2) is 54.6 Å². The summed E-state index contributed by atoms with van der Waals surface area (Å²) in [6.07, 6.45) is 1.74. The second kappa shape index (κ2) is 10.4. The van der Waals surface area contributed by atoms with Crippen LogP contribution in [0, 0.1) is 6.92 Å². The molecule has 0 unspecified atom stereocenters. The zero-order chi connectivity index (χ0) is 21.4. The van der Waals surface area contributed by atoms with E-state index < -0.39 is 18.0 Å². The first-order valence-electron chi connectivity index (χ1n) is 9.00. The summed E-state index contributed by atoms with van der Waals surface area (Å²) in [4.78, 5) is 37.6. The van der Waals surface area contributed by atoms with Crippen molar-refractivity contribution >= 4 is 41.1 Å². The topological polar surface area (TPSA) is 75.7 Å². The van der Waals surface area contributed by atoms with Crippen molar-refractivity contribution in [2.75, 3.05) is 18.9 Å². The molecule has 0 aromatic heterocycles. The number of aryl methyl sites for hydroxylation is 1. The first-order chi connectivity index (χ1) is 13.7. The van der Waals surface area contributed by atoms with Crippen molar-refractivity contribution in [3.05, 3.63) is 70.8 Å². The molecule has 2 aromatic carbocycles. The zero-order valence-corrected chi connectivity index (χ0v) is 17.3. The van der Waals surface area contributed by atoms with Gasteiger partial charge in [0.1, 0.15) is 0 Å². The van der Waals surface area contributed by atoms with Gasteiger partial charge in [0.05, 0.1) is 6.54 Å². The van der Waals surface area contributed by atoms with E-state index in [2.05, 4.69) is 5.32 Å². The van der Waals surface area contributed by atoms with Crippen molar-refractivity contribution < 1.29 is 19.1 Å². The van der Waals surface area contributed by atoms with Crippen LogP contribution in [0.3, 0.4) is 0 Å². The Balaban J connectivity index is 1.83. The lowest BCUT2D eigenvalue weighted by atomic mass is 10.2. The summed E-state index contributed by atoms with van der Waals surface area (Å²) in [5.41, 5.74) is 2.46. The number of rotatable bonds is 7. The fraction of sp³-hybridized carbons (Fsp3) is 0.227. The molecule has 1 atom stereocenters. The summed E-state index contributed by atoms with van der Waals surface area (Å²) in [5, 5.41) is 3.27. The highest BCUT2D eigenvalue weighted by Gasteiger charge is 2.22. The summed E-state index contributed by atoms with van der Waals surface area (Å²) < 4.78 is 5.12. The second-order valence-electron chi connectivity index (χ2n) is 6.58. The van der Waals surface area contributed by atoms with Gasteiger partial charge in [-0.2, -0.15) is 0 Å². The van der Waals surface area contributed by atoms with E-state index in [0.717, 1.165) is 11.1 Å². The van der Waals surface area contributed by atoms with Gasteiger partial charge < -0.3 is 15.0 Å². The highest BCUT2D eigenvalue weighted by Crippen LogP contribution is 2.12. The molecular weight excluding hydrogens is 392 g/mol. The van der Waals surface area contributed by atoms with E-state index in [1.54, 1.807) is 42.5 Å². The van der Waals surface area contributed by atoms with Gasteiger partial charge in [0.25, 0.3) is 5.91 Å². The van der Waals surface area contributed by atoms with E-state index in [9.17, 15) is 14.4 Å². The number of likely N-dealkylation sites (N-methyl/N-ethyl adjacent to an activating group) is 1. The SMILES string of the molecule is Cc1ccc(NC(=O)CN(C)C(=O)[C@H](C)OC(=O)/C=C/c2cccc(Cl)c2)cc1. The molecule has 0 spiro atoms. The molecule has 2 rings (SSSR count). The van der Waals surface area contributed by atoms with Crippen molar-refractivity contribution in [2.24, 2.45) is 0 Å². The first kappa shape index (κ1) is 22.2. The largest absolute Gasteiger partial charge is 0.449 e. The fourth-order valence-corrected chi connectivity index (χ4v) is 2.68. The molecule has 0 bridgehead atoms. The number of esters is 1. The van der Waals surface area contributed by atoms with Crippen LogP contribution in [-0.2, 0) is 19.1 Å². The van der Waals surface area contributed by atoms with Crippen molar-refractivity contribution in [1.82, 2.24) is 4.90 Å². The molecule has 2 aromatic rings. The highest BCUT2D eigenvalue weighted by molar-refractivity contribution is 6.30. The van der Waals surface area contributed by atoms with Gasteiger partial charge in [-0.05, 0) is 49.8 Å². The maximum atomic E-state index is 12.4. The molecule has 0 saturated heterocycles. The monoisotopic (exact) mass is 414 g/mol. The summed E-state index contributed by atoms with van der Waals surface area (Å²) in [7, 11) is 1.48. The van der Waals surface area contributed by atoms with Crippen LogP contribution in [0.1, 0.15) is 18.1 Å². The van der Waals surface area contributed by atoms with Crippen molar-refractivity contribution in [1.29, 1.82) is 0 Å². The van der Waals surface area contributed by atoms with Gasteiger partial charge in [0.2, 0.25) is 5.91 Å². The van der Waals surface area contributed by atoms with Gasteiger partial charge in [-0.25, -0.2) is 4.79 Å². The van der Waals surface area contributed by atoms with Gasteiger partial charge in [0, 0.05) is 23.8 Å². The number of carbonyl (C=O) groups excluding carboxylic acids is 3. The van der Waals surface area contributed by atoms with Gasteiger partial charge >= 0.3 is 5.97 Å². The molecule has 7 heteroatoms. The van der Waals surface area contributed by atoms with Crippen molar-refractivity contribution in [3.63, 3.8) is 0 Å². The maximum Gasteiger partial charge on any atom is 0.331 e. The fourth-order valence-electron chi connectivity index (χ4n) is 2.48. The molecule has 0 saturated carbocycles. The Kier molecular flexibility index (Phi) is 7.98. The molecule has 152 valence electrons. The third kappa shape index (κ3) is 7.43. The Hall–Kier alpha value is -3.12. The van der Waals surface area contributed by atoms with Crippen molar-refractivity contribution in [3.8, 4) is 0 Å². The lowest BCUT2D eigenvalue weighted by Crippen LogP contribution is -2.41. The minimum Gasteiger partial charge on any atom is -0.449 e. The van der Waals surface area contributed by atoms with Crippen LogP contribution in [0.2, 0.25) is 5.02 Å². The average Bonchev–Trinajstić information content (AvgIpc) is 2.67. The van der Waals surface area contributed by atoms with E-state index >= 15 is 0 Å². The average molecular weight is 415 g/mol. The molecule has 0 radical (unpaired) electrons. The van der Waals surface area contributed by atoms with Gasteiger partial charge in [0.15, 0.2) is 6.10 Å². The number of hydrogen-bond acceptors (Lipinski definition) is 4. The van der Waals surface area contributed by atoms with E-state index in [0.29, 0.717) is 10.7 Å². The summed E-state index contributed by atoms with van der Waals surface area (Å²) in [6, 6.07) is 14.3. The molecule has 0 aliphatic carbocycles. The van der Waals surface area contributed by atoms with Gasteiger partial charge in [-0.1, -0.05) is 41.4 Å². The molecule has 1 N–H and O–H groups in total. The quantitative estimate of drug-likeness (QED) is 0.553. The molecule has 29 heavy (non-hydrogen) atoms. The van der Waals surface area contributed by atoms with Gasteiger partial charge in [-0.15, -0.1) is 0 Å². The van der Waals surface area contributed by atoms with Crippen molar-refractivity contribution in [2.45, 2.75) is 20.0 Å². The number of ether oxygens (including phenoxy) is 1. The Bertz CT molecular complexity index is 909. The number of benzene rings is 2. The third-order valence-corrected chi connectivity index (χ3v) is 4.23. The Morgan fingerprint density at radius 1 is 1.17 bits per heavy atom. The molecule has 0 aliphatic heterocycles. The molecule has 0 aliphatic rings. The lowest BCUT2D eigenvalue weighted by Gasteiger charge is -2.20. The molecular formula is C22H23ClN2O4. The smallest absolute Gasteiger partial charge is 0.331 e. The number of anilines is 1. The summed E-state index contributed by atoms with van der Waals surface area (Å²) >= 11 is 5.89. The highest BCUT2D eigenvalue weighted by atomic mass is 35.5. The normalized spacial score (nSPS) is 11.7. The molecule has 0 fully saturated rings. The minimum atomic E-state index is -1.02. The standard InChI is InChI=1S/C22H23ClN2O4/c1-15-7-10-19(11-8-15)24-20(26)14-25(3)22(28)16(2)29-21(27)12-9-17-5-4-6-18(23)13-17/h4-13,16H,14H2,1-3H3,(H,24,26)/b12-9+/t16-/m0/s1. The summed E-state index contributed by atoms with van der Waals surface area (Å²) in [5.74, 6) is -1.49. The minimum absolute atomic E-state index is 0.160. The number of amides is 2. The van der Waals surface area contributed by atoms with Crippen LogP contribution < -0.4 is 5.32 Å². The van der Waals surface area contributed by atoms with Gasteiger partial charge in [-0.3, -0.25) is 9.59 Å². The van der Waals surface area contributed by atoms with E-state index in [-0.39, 0.29) is 12.5 Å². The van der Waals surface area contributed by atoms with Crippen LogP contribution >= 0.6 is 11.6 Å². The molecule has 2 amide bonds. The van der Waals surface area contributed by atoms with E-state index in [4.69, 9.17) is 16.3 Å². The molecule has 0 heterocycles. The number of nitrogens with one attached hydrogen (secondary N) is 1. The van der Waals surface area contributed by atoms with Crippen LogP contribution in [-0.4, -0.2) is 42.4 Å².